The molecule has 1 aliphatic heterocycles. The zero-order chi connectivity index (χ0) is 14.5. The Labute approximate surface area is 124 Å². The van der Waals surface area contributed by atoms with Gasteiger partial charge in [-0.3, -0.25) is 9.69 Å². The highest BCUT2D eigenvalue weighted by Crippen LogP contribution is 2.23. The van der Waals surface area contributed by atoms with E-state index < -0.39 is 0 Å². The smallest absolute Gasteiger partial charge is 0.235 e. The molecule has 1 aliphatic rings. The number of nitriles is 1. The lowest BCUT2D eigenvalue weighted by atomic mass is 10.0. The van der Waals surface area contributed by atoms with Gasteiger partial charge in [-0.05, 0) is 35.8 Å². The number of nitrogens with zero attached hydrogens (tertiary/aromatic N) is 2. The normalized spacial score (nSPS) is 16.5. The fraction of sp³-hybridized carbons (Fsp3) is 0.600. The Kier molecular flexibility index (Phi) is 5.16. The van der Waals surface area contributed by atoms with E-state index in [-0.39, 0.29) is 11.9 Å². The van der Waals surface area contributed by atoms with E-state index in [1.165, 1.54) is 10.4 Å². The second kappa shape index (κ2) is 6.87. The van der Waals surface area contributed by atoms with Crippen LogP contribution < -0.4 is 5.32 Å². The van der Waals surface area contributed by atoms with E-state index in [1.807, 2.05) is 0 Å². The maximum atomic E-state index is 12.0. The molecule has 2 rings (SSSR count). The van der Waals surface area contributed by atoms with Gasteiger partial charge in [0.15, 0.2) is 0 Å². The number of thiophene rings is 1. The molecule has 0 saturated heterocycles. The van der Waals surface area contributed by atoms with Crippen LogP contribution >= 0.6 is 11.3 Å². The molecule has 0 aromatic carbocycles. The van der Waals surface area contributed by atoms with Crippen molar-refractivity contribution in [2.75, 3.05) is 13.1 Å². The third-order valence-electron chi connectivity index (χ3n) is 3.45. The van der Waals surface area contributed by atoms with Gasteiger partial charge in [0.1, 0.15) is 6.04 Å². The summed E-state index contributed by atoms with van der Waals surface area (Å²) in [5.74, 6) is 0.360. The average molecular weight is 291 g/mol. The zero-order valence-electron chi connectivity index (χ0n) is 12.1. The largest absolute Gasteiger partial charge is 0.339 e. The van der Waals surface area contributed by atoms with Gasteiger partial charge in [0.2, 0.25) is 5.91 Å². The molecular formula is C15H21N3OS. The number of hydrogen-bond donors (Lipinski definition) is 1. The number of rotatable bonds is 5. The highest BCUT2D eigenvalue weighted by Gasteiger charge is 2.20. The predicted molar refractivity (Wildman–Crippen MR) is 80.3 cm³/mol. The van der Waals surface area contributed by atoms with Gasteiger partial charge in [0.05, 0.1) is 12.6 Å². The summed E-state index contributed by atoms with van der Waals surface area (Å²) in [6.07, 6.45) is 1.73. The summed E-state index contributed by atoms with van der Waals surface area (Å²) >= 11 is 1.80. The minimum atomic E-state index is -0.371. The van der Waals surface area contributed by atoms with Crippen LogP contribution in [-0.4, -0.2) is 29.9 Å². The maximum Gasteiger partial charge on any atom is 0.235 e. The van der Waals surface area contributed by atoms with Crippen molar-refractivity contribution in [3.8, 4) is 6.07 Å². The van der Waals surface area contributed by atoms with Crippen molar-refractivity contribution >= 4 is 17.2 Å². The van der Waals surface area contributed by atoms with Crippen LogP contribution in [-0.2, 0) is 17.8 Å². The van der Waals surface area contributed by atoms with Crippen molar-refractivity contribution in [2.45, 2.75) is 39.3 Å². The van der Waals surface area contributed by atoms with Gasteiger partial charge in [-0.2, -0.15) is 5.26 Å². The summed E-state index contributed by atoms with van der Waals surface area (Å²) in [5, 5.41) is 14.0. The molecule has 1 N–H and O–H groups in total. The van der Waals surface area contributed by atoms with Crippen molar-refractivity contribution in [3.63, 3.8) is 0 Å². The fourth-order valence-corrected chi connectivity index (χ4v) is 3.39. The first-order chi connectivity index (χ1) is 9.58. The molecule has 1 aromatic rings. The number of nitrogens with one attached hydrogen (secondary N) is 1. The van der Waals surface area contributed by atoms with Gasteiger partial charge in [-0.1, -0.05) is 13.8 Å². The first-order valence-corrected chi connectivity index (χ1v) is 7.93. The lowest BCUT2D eigenvalue weighted by molar-refractivity contribution is -0.122. The van der Waals surface area contributed by atoms with Crippen molar-refractivity contribution in [2.24, 2.45) is 5.92 Å². The molecule has 0 radical (unpaired) electrons. The number of fused-ring (bicyclic) bond motifs is 1. The average Bonchev–Trinajstić information content (AvgIpc) is 2.84. The van der Waals surface area contributed by atoms with Crippen molar-refractivity contribution in [3.05, 3.63) is 21.9 Å². The second-order valence-corrected chi connectivity index (χ2v) is 6.71. The lowest BCUT2D eigenvalue weighted by Gasteiger charge is -2.26. The third kappa shape index (κ3) is 4.06. The number of carbonyl (C=O) groups is 1. The highest BCUT2D eigenvalue weighted by molar-refractivity contribution is 7.10. The Morgan fingerprint density at radius 1 is 1.60 bits per heavy atom. The van der Waals surface area contributed by atoms with Crippen molar-refractivity contribution in [1.29, 1.82) is 5.26 Å². The van der Waals surface area contributed by atoms with Crippen LogP contribution in [0.15, 0.2) is 11.4 Å². The topological polar surface area (TPSA) is 56.1 Å². The summed E-state index contributed by atoms with van der Waals surface area (Å²) in [7, 11) is 0. The quantitative estimate of drug-likeness (QED) is 0.904. The third-order valence-corrected chi connectivity index (χ3v) is 4.48. The Morgan fingerprint density at radius 2 is 2.40 bits per heavy atom. The molecule has 1 atom stereocenters. The van der Waals surface area contributed by atoms with E-state index >= 15 is 0 Å². The number of carbonyl (C=O) groups excluding carboxylic acids is 1. The van der Waals surface area contributed by atoms with Gasteiger partial charge in [0, 0.05) is 18.0 Å². The molecule has 1 unspecified atom stereocenters. The Balaban J connectivity index is 1.82. The molecule has 0 fully saturated rings. The Morgan fingerprint density at radius 3 is 3.10 bits per heavy atom. The molecule has 0 saturated carbocycles. The lowest BCUT2D eigenvalue weighted by Crippen LogP contribution is -2.43. The van der Waals surface area contributed by atoms with Crippen molar-refractivity contribution in [1.82, 2.24) is 10.2 Å². The van der Waals surface area contributed by atoms with E-state index in [9.17, 15) is 4.79 Å². The van der Waals surface area contributed by atoms with Crippen LogP contribution in [0.4, 0.5) is 0 Å². The van der Waals surface area contributed by atoms with Crippen LogP contribution in [0, 0.1) is 17.2 Å². The van der Waals surface area contributed by atoms with Crippen molar-refractivity contribution < 1.29 is 4.79 Å². The molecule has 5 heteroatoms. The molecule has 1 aromatic heterocycles. The summed E-state index contributed by atoms with van der Waals surface area (Å²) in [5.41, 5.74) is 1.34. The molecule has 0 aliphatic carbocycles. The fourth-order valence-electron chi connectivity index (χ4n) is 2.50. The number of hydrogen-bond acceptors (Lipinski definition) is 4. The summed E-state index contributed by atoms with van der Waals surface area (Å²) in [4.78, 5) is 15.6. The molecule has 2 heterocycles. The molecule has 20 heavy (non-hydrogen) atoms. The SMILES string of the molecule is CC(C)CC(C#N)NC(=O)CN1CCc2sccc2C1. The summed E-state index contributed by atoms with van der Waals surface area (Å²) < 4.78 is 0. The van der Waals surface area contributed by atoms with Crippen LogP contribution in [0.25, 0.3) is 0 Å². The summed E-state index contributed by atoms with van der Waals surface area (Å²) in [6, 6.07) is 3.93. The van der Waals surface area contributed by atoms with Gasteiger partial charge in [0.25, 0.3) is 0 Å². The van der Waals surface area contributed by atoms with E-state index in [4.69, 9.17) is 5.26 Å². The first kappa shape index (κ1) is 15.0. The molecule has 0 bridgehead atoms. The van der Waals surface area contributed by atoms with E-state index in [0.29, 0.717) is 18.9 Å². The Bertz CT molecular complexity index is 503. The molecule has 1 amide bonds. The van der Waals surface area contributed by atoms with Gasteiger partial charge >= 0.3 is 0 Å². The standard InChI is InChI=1S/C15H21N3OS/c1-11(2)7-13(8-16)17-15(19)10-18-5-3-14-12(9-18)4-6-20-14/h4,6,11,13H,3,5,7,9-10H2,1-2H3,(H,17,19). The van der Waals surface area contributed by atoms with Crippen LogP contribution in [0.2, 0.25) is 0 Å². The van der Waals surface area contributed by atoms with Gasteiger partial charge in [-0.25, -0.2) is 0 Å². The van der Waals surface area contributed by atoms with E-state index in [2.05, 4.69) is 41.6 Å². The first-order valence-electron chi connectivity index (χ1n) is 7.05. The van der Waals surface area contributed by atoms with Gasteiger partial charge < -0.3 is 5.32 Å². The Hall–Kier alpha value is -1.38. The van der Waals surface area contributed by atoms with Gasteiger partial charge in [-0.15, -0.1) is 11.3 Å². The summed E-state index contributed by atoms with van der Waals surface area (Å²) in [6.45, 7) is 6.25. The number of amides is 1. The molecule has 108 valence electrons. The highest BCUT2D eigenvalue weighted by atomic mass is 32.1. The molecule has 4 nitrogen and oxygen atoms in total. The van der Waals surface area contributed by atoms with Crippen LogP contribution in [0.5, 0.6) is 0 Å². The molecule has 0 spiro atoms. The minimum Gasteiger partial charge on any atom is -0.339 e. The zero-order valence-corrected chi connectivity index (χ0v) is 12.9. The second-order valence-electron chi connectivity index (χ2n) is 5.71. The van der Waals surface area contributed by atoms with Crippen LogP contribution in [0.1, 0.15) is 30.7 Å². The molecular weight excluding hydrogens is 270 g/mol. The maximum absolute atomic E-state index is 12.0. The van der Waals surface area contributed by atoms with Crippen LogP contribution in [0.3, 0.4) is 0 Å². The minimum absolute atomic E-state index is 0.0455. The monoisotopic (exact) mass is 291 g/mol. The van der Waals surface area contributed by atoms with E-state index in [1.54, 1.807) is 11.3 Å². The van der Waals surface area contributed by atoms with E-state index in [0.717, 1.165) is 19.5 Å². The predicted octanol–water partition coefficient (Wildman–Crippen LogP) is 2.16.